The van der Waals surface area contributed by atoms with Crippen LogP contribution in [0.1, 0.15) is 213 Å². The van der Waals surface area contributed by atoms with Crippen LogP contribution < -0.4 is 0 Å². The molecule has 396 valence electrons. The molecule has 0 rings (SSSR count). The van der Waals surface area contributed by atoms with Crippen molar-refractivity contribution in [3.05, 3.63) is 158 Å². The van der Waals surface area contributed by atoms with Crippen molar-refractivity contribution in [2.45, 2.75) is 219 Å². The van der Waals surface area contributed by atoms with Crippen LogP contribution in [0.5, 0.6) is 0 Å². The molecule has 0 aromatic heterocycles. The van der Waals surface area contributed by atoms with E-state index in [1.807, 2.05) is 12.2 Å². The highest BCUT2D eigenvalue weighted by molar-refractivity contribution is 5.71. The summed E-state index contributed by atoms with van der Waals surface area (Å²) < 4.78 is 16.7. The van der Waals surface area contributed by atoms with Crippen LogP contribution in [0.4, 0.5) is 0 Å². The highest BCUT2D eigenvalue weighted by atomic mass is 16.6. The molecule has 6 nitrogen and oxygen atoms in total. The monoisotopic (exact) mass is 977 g/mol. The number of carbonyl (C=O) groups is 3. The summed E-state index contributed by atoms with van der Waals surface area (Å²) in [5, 5.41) is 0. The summed E-state index contributed by atoms with van der Waals surface area (Å²) in [6.07, 6.45) is 83.8. The van der Waals surface area contributed by atoms with E-state index in [1.165, 1.54) is 51.4 Å². The van der Waals surface area contributed by atoms with E-state index in [1.54, 1.807) is 0 Å². The van der Waals surface area contributed by atoms with Gasteiger partial charge in [0.1, 0.15) is 13.2 Å². The minimum absolute atomic E-state index is 0.142. The van der Waals surface area contributed by atoms with E-state index in [0.29, 0.717) is 19.3 Å². The van der Waals surface area contributed by atoms with Crippen molar-refractivity contribution in [1.29, 1.82) is 0 Å². The second kappa shape index (κ2) is 57.6. The summed E-state index contributed by atoms with van der Waals surface area (Å²) in [5.74, 6) is -1.11. The first-order chi connectivity index (χ1) is 35.0. The third kappa shape index (κ3) is 55.8. The van der Waals surface area contributed by atoms with Gasteiger partial charge in [-0.05, 0) is 141 Å². The number of rotatable bonds is 48. The van der Waals surface area contributed by atoms with Gasteiger partial charge in [-0.25, -0.2) is 0 Å². The first kappa shape index (κ1) is 66.0. The molecular formula is C65H100O6. The zero-order chi connectivity index (χ0) is 51.4. The van der Waals surface area contributed by atoms with Gasteiger partial charge in [0.2, 0.25) is 0 Å². The minimum atomic E-state index is -0.852. The third-order valence-corrected chi connectivity index (χ3v) is 11.0. The van der Waals surface area contributed by atoms with Gasteiger partial charge in [0.05, 0.1) is 0 Å². The van der Waals surface area contributed by atoms with Crippen LogP contribution in [0, 0.1) is 0 Å². The van der Waals surface area contributed by atoms with E-state index in [4.69, 9.17) is 14.2 Å². The normalized spacial score (nSPS) is 13.3. The quantitative estimate of drug-likeness (QED) is 0.0262. The Bertz CT molecular complexity index is 1640. The standard InChI is InChI=1S/C65H100O6/c1-4-7-10-13-16-19-22-25-28-30-32-34-37-39-42-45-48-51-54-57-63(66)69-60-62(71-65(68)59-56-53-50-47-44-41-36-27-24-21-18-15-12-9-6-3)61-70-64(67)58-55-52-49-46-43-40-38-35-33-31-29-26-23-20-17-14-11-8-5-2/h9,12,16-21,25-29,32-36,39-40,42-44,47-48,51,62H,4-8,10-11,13-15,22-24,30-31,37-38,41,45-46,49-50,52-61H2,1-3H3/b12-9-,19-16-,20-17-,21-18-,28-25-,29-26-,34-32-,35-33-,36-27-,42-39-,43-40-,47-44-,51-48-/t62-/m1/s1. The van der Waals surface area contributed by atoms with Crippen LogP contribution >= 0.6 is 0 Å². The van der Waals surface area contributed by atoms with Gasteiger partial charge in [-0.3, -0.25) is 14.4 Å². The third-order valence-electron chi connectivity index (χ3n) is 11.0. The number of hydrogen-bond donors (Lipinski definition) is 0. The summed E-state index contributed by atoms with van der Waals surface area (Å²) in [6.45, 7) is 6.32. The Morgan fingerprint density at radius 1 is 0.296 bits per heavy atom. The van der Waals surface area contributed by atoms with Crippen LogP contribution in [-0.4, -0.2) is 37.2 Å². The maximum atomic E-state index is 12.8. The Morgan fingerprint density at radius 2 is 0.577 bits per heavy atom. The molecule has 0 aromatic carbocycles. The molecule has 0 aliphatic rings. The molecule has 0 radical (unpaired) electrons. The van der Waals surface area contributed by atoms with Crippen LogP contribution in [0.3, 0.4) is 0 Å². The Labute approximate surface area is 435 Å². The Hall–Kier alpha value is -4.97. The van der Waals surface area contributed by atoms with E-state index in [0.717, 1.165) is 109 Å². The van der Waals surface area contributed by atoms with Crippen LogP contribution in [0.2, 0.25) is 0 Å². The summed E-state index contributed by atoms with van der Waals surface area (Å²) >= 11 is 0. The lowest BCUT2D eigenvalue weighted by molar-refractivity contribution is -0.166. The van der Waals surface area contributed by atoms with Gasteiger partial charge in [-0.1, -0.05) is 211 Å². The van der Waals surface area contributed by atoms with Crippen molar-refractivity contribution in [3.63, 3.8) is 0 Å². The topological polar surface area (TPSA) is 78.9 Å². The predicted molar refractivity (Wildman–Crippen MR) is 306 cm³/mol. The molecule has 0 aromatic rings. The minimum Gasteiger partial charge on any atom is -0.462 e. The van der Waals surface area contributed by atoms with Crippen molar-refractivity contribution in [2.24, 2.45) is 0 Å². The predicted octanol–water partition coefficient (Wildman–Crippen LogP) is 19.0. The lowest BCUT2D eigenvalue weighted by atomic mass is 10.1. The molecular weight excluding hydrogens is 877 g/mol. The van der Waals surface area contributed by atoms with E-state index < -0.39 is 6.10 Å². The van der Waals surface area contributed by atoms with Crippen molar-refractivity contribution in [1.82, 2.24) is 0 Å². The van der Waals surface area contributed by atoms with Gasteiger partial charge in [-0.15, -0.1) is 0 Å². The zero-order valence-corrected chi connectivity index (χ0v) is 45.2. The van der Waals surface area contributed by atoms with E-state index >= 15 is 0 Å². The molecule has 0 unspecified atom stereocenters. The maximum Gasteiger partial charge on any atom is 0.306 e. The summed E-state index contributed by atoms with van der Waals surface area (Å²) in [7, 11) is 0. The van der Waals surface area contributed by atoms with Crippen LogP contribution in [-0.2, 0) is 28.6 Å². The fourth-order valence-corrected chi connectivity index (χ4v) is 6.81. The summed E-state index contributed by atoms with van der Waals surface area (Å²) in [5.41, 5.74) is 0. The lowest BCUT2D eigenvalue weighted by Gasteiger charge is -2.18. The highest BCUT2D eigenvalue weighted by Gasteiger charge is 2.19. The average Bonchev–Trinajstić information content (AvgIpc) is 3.37. The Kier molecular flexibility index (Phi) is 53.6. The second-order valence-corrected chi connectivity index (χ2v) is 17.7. The Balaban J connectivity index is 4.64. The van der Waals surface area contributed by atoms with Gasteiger partial charge in [0.25, 0.3) is 0 Å². The maximum absolute atomic E-state index is 12.8. The van der Waals surface area contributed by atoms with Crippen molar-refractivity contribution >= 4 is 17.9 Å². The molecule has 0 aliphatic carbocycles. The molecule has 0 heterocycles. The van der Waals surface area contributed by atoms with Crippen LogP contribution in [0.15, 0.2) is 158 Å². The number of ether oxygens (including phenoxy) is 3. The van der Waals surface area contributed by atoms with E-state index in [-0.39, 0.29) is 44.0 Å². The number of unbranched alkanes of at least 4 members (excludes halogenated alkanes) is 11. The largest absolute Gasteiger partial charge is 0.462 e. The first-order valence-electron chi connectivity index (χ1n) is 28.0. The molecule has 0 N–H and O–H groups in total. The number of esters is 3. The molecule has 1 atom stereocenters. The Morgan fingerprint density at radius 3 is 0.944 bits per heavy atom. The molecule has 6 heteroatoms. The summed E-state index contributed by atoms with van der Waals surface area (Å²) in [4.78, 5) is 38.1. The fraction of sp³-hybridized carbons (Fsp3) is 0.554. The number of hydrogen-bond acceptors (Lipinski definition) is 6. The van der Waals surface area contributed by atoms with E-state index in [9.17, 15) is 14.4 Å². The SMILES string of the molecule is CC/C=C\C/C=C\C/C=C\C/C=C\CCCCC(=O)O[C@H](COC(=O)CC/C=C\C/C=C\C/C=C\C/C=C\C/C=C\CCCCC)COC(=O)CCCCC/C=C\C/C=C\C/C=C\C/C=C\CCCCC. The molecule has 71 heavy (non-hydrogen) atoms. The highest BCUT2D eigenvalue weighted by Crippen LogP contribution is 2.10. The van der Waals surface area contributed by atoms with Crippen molar-refractivity contribution < 1.29 is 28.6 Å². The molecule has 0 spiro atoms. The summed E-state index contributed by atoms with van der Waals surface area (Å²) in [6, 6.07) is 0. The van der Waals surface area contributed by atoms with Crippen molar-refractivity contribution in [3.8, 4) is 0 Å². The average molecular weight is 978 g/mol. The van der Waals surface area contributed by atoms with Crippen LogP contribution in [0.25, 0.3) is 0 Å². The zero-order valence-electron chi connectivity index (χ0n) is 45.2. The first-order valence-corrected chi connectivity index (χ1v) is 28.0. The molecule has 0 bridgehead atoms. The van der Waals surface area contributed by atoms with Gasteiger partial charge in [0, 0.05) is 19.3 Å². The molecule has 0 saturated carbocycles. The molecule has 0 aliphatic heterocycles. The lowest BCUT2D eigenvalue weighted by Crippen LogP contribution is -2.30. The fourth-order valence-electron chi connectivity index (χ4n) is 6.81. The van der Waals surface area contributed by atoms with E-state index in [2.05, 4.69) is 167 Å². The smallest absolute Gasteiger partial charge is 0.306 e. The van der Waals surface area contributed by atoms with Gasteiger partial charge < -0.3 is 14.2 Å². The second-order valence-electron chi connectivity index (χ2n) is 17.7. The molecule has 0 amide bonds. The molecule has 0 fully saturated rings. The van der Waals surface area contributed by atoms with Gasteiger partial charge in [-0.2, -0.15) is 0 Å². The molecule has 0 saturated heterocycles. The van der Waals surface area contributed by atoms with Gasteiger partial charge >= 0.3 is 17.9 Å². The van der Waals surface area contributed by atoms with Gasteiger partial charge in [0.15, 0.2) is 6.10 Å². The number of carbonyl (C=O) groups excluding carboxylic acids is 3. The van der Waals surface area contributed by atoms with Crippen molar-refractivity contribution in [2.75, 3.05) is 13.2 Å². The number of allylic oxidation sites excluding steroid dienone is 26.